The number of aromatic hydroxyl groups is 1. The molecule has 1 aromatic carbocycles. The Bertz CT molecular complexity index is 586. The van der Waals surface area contributed by atoms with E-state index in [9.17, 15) is 19.5 Å². The number of nitrogens with zero attached hydrogens (tertiary/aromatic N) is 1. The zero-order valence-electron chi connectivity index (χ0n) is 13.6. The Kier molecular flexibility index (Phi) is 7.05. The van der Waals surface area contributed by atoms with E-state index >= 15 is 0 Å². The first-order valence-corrected chi connectivity index (χ1v) is 7.32. The third kappa shape index (κ3) is 5.98. The van der Waals surface area contributed by atoms with Crippen molar-refractivity contribution in [2.24, 2.45) is 0 Å². The van der Waals surface area contributed by atoms with E-state index in [-0.39, 0.29) is 23.8 Å². The number of aryl methyl sites for hydroxylation is 1. The number of carbonyl (C=O) groups is 3. The van der Waals surface area contributed by atoms with Crippen LogP contribution in [0.3, 0.4) is 0 Å². The average molecular weight is 322 g/mol. The average Bonchev–Trinajstić information content (AvgIpc) is 2.52. The van der Waals surface area contributed by atoms with Crippen molar-refractivity contribution in [1.82, 2.24) is 10.2 Å². The Morgan fingerprint density at radius 1 is 1.30 bits per heavy atom. The van der Waals surface area contributed by atoms with E-state index in [0.717, 1.165) is 12.0 Å². The van der Waals surface area contributed by atoms with Crippen molar-refractivity contribution in [1.29, 1.82) is 0 Å². The summed E-state index contributed by atoms with van der Waals surface area (Å²) in [6.45, 7) is 3.64. The SMILES string of the molecule is CCCNC(=O)CN(C)C(=O)COC(=O)c1cc(C)ccc1O. The van der Waals surface area contributed by atoms with Crippen LogP contribution in [0.5, 0.6) is 5.75 Å². The number of likely N-dealkylation sites (N-methyl/N-ethyl adjacent to an activating group) is 1. The second-order valence-electron chi connectivity index (χ2n) is 5.20. The van der Waals surface area contributed by atoms with E-state index < -0.39 is 18.5 Å². The van der Waals surface area contributed by atoms with Crippen molar-refractivity contribution >= 4 is 17.8 Å². The summed E-state index contributed by atoms with van der Waals surface area (Å²) in [4.78, 5) is 36.4. The van der Waals surface area contributed by atoms with E-state index in [2.05, 4.69) is 5.32 Å². The van der Waals surface area contributed by atoms with Gasteiger partial charge in [-0.2, -0.15) is 0 Å². The molecule has 7 heteroatoms. The second kappa shape index (κ2) is 8.77. The largest absolute Gasteiger partial charge is 0.507 e. The number of nitrogens with one attached hydrogen (secondary N) is 1. The summed E-state index contributed by atoms with van der Waals surface area (Å²) in [5.74, 6) is -1.77. The predicted molar refractivity (Wildman–Crippen MR) is 84.1 cm³/mol. The smallest absolute Gasteiger partial charge is 0.342 e. The molecule has 0 aromatic heterocycles. The monoisotopic (exact) mass is 322 g/mol. The molecule has 1 aromatic rings. The first-order valence-electron chi connectivity index (χ1n) is 7.32. The summed E-state index contributed by atoms with van der Waals surface area (Å²) in [6.07, 6.45) is 0.807. The minimum atomic E-state index is -0.789. The van der Waals surface area contributed by atoms with E-state index in [0.29, 0.717) is 6.54 Å². The van der Waals surface area contributed by atoms with E-state index in [1.807, 2.05) is 6.92 Å². The minimum absolute atomic E-state index is 0.00106. The van der Waals surface area contributed by atoms with Crippen molar-refractivity contribution in [3.05, 3.63) is 29.3 Å². The lowest BCUT2D eigenvalue weighted by Gasteiger charge is -2.16. The van der Waals surface area contributed by atoms with E-state index in [1.54, 1.807) is 13.0 Å². The second-order valence-corrected chi connectivity index (χ2v) is 5.20. The first-order chi connectivity index (χ1) is 10.8. The van der Waals surface area contributed by atoms with Gasteiger partial charge in [-0.25, -0.2) is 4.79 Å². The Morgan fingerprint density at radius 3 is 2.65 bits per heavy atom. The van der Waals surface area contributed by atoms with Gasteiger partial charge in [-0.3, -0.25) is 9.59 Å². The third-order valence-electron chi connectivity index (χ3n) is 3.08. The zero-order chi connectivity index (χ0) is 17.4. The van der Waals surface area contributed by atoms with Crippen molar-refractivity contribution < 1.29 is 24.2 Å². The molecule has 0 saturated heterocycles. The summed E-state index contributed by atoms with van der Waals surface area (Å²) < 4.78 is 4.89. The van der Waals surface area contributed by atoms with Crippen LogP contribution in [0.25, 0.3) is 0 Å². The molecule has 0 saturated carbocycles. The Labute approximate surface area is 135 Å². The van der Waals surface area contributed by atoms with Gasteiger partial charge in [-0.15, -0.1) is 0 Å². The van der Waals surface area contributed by atoms with Crippen molar-refractivity contribution in [3.63, 3.8) is 0 Å². The van der Waals surface area contributed by atoms with Crippen LogP contribution < -0.4 is 5.32 Å². The van der Waals surface area contributed by atoms with Crippen LogP contribution in [0.1, 0.15) is 29.3 Å². The maximum absolute atomic E-state index is 11.9. The number of rotatable bonds is 7. The number of hydrogen-bond donors (Lipinski definition) is 2. The molecular formula is C16H22N2O5. The molecule has 0 aliphatic carbocycles. The Morgan fingerprint density at radius 2 is 2.00 bits per heavy atom. The summed E-state index contributed by atoms with van der Waals surface area (Å²) >= 11 is 0. The van der Waals surface area contributed by atoms with Crippen LogP contribution in [-0.4, -0.2) is 54.5 Å². The fraction of sp³-hybridized carbons (Fsp3) is 0.438. The molecule has 0 heterocycles. The molecule has 1 rings (SSSR count). The van der Waals surface area contributed by atoms with E-state index in [1.165, 1.54) is 24.1 Å². The summed E-state index contributed by atoms with van der Waals surface area (Å²) in [6, 6.07) is 4.52. The minimum Gasteiger partial charge on any atom is -0.507 e. The molecule has 2 N–H and O–H groups in total. The maximum Gasteiger partial charge on any atom is 0.342 e. The standard InChI is InChI=1S/C16H22N2O5/c1-4-7-17-14(20)9-18(3)15(21)10-23-16(22)12-8-11(2)5-6-13(12)19/h5-6,8,19H,4,7,9-10H2,1-3H3,(H,17,20). The zero-order valence-corrected chi connectivity index (χ0v) is 13.6. The van der Waals surface area contributed by atoms with Gasteiger partial charge >= 0.3 is 5.97 Å². The van der Waals surface area contributed by atoms with Crippen molar-refractivity contribution in [3.8, 4) is 5.75 Å². The fourth-order valence-corrected chi connectivity index (χ4v) is 1.75. The van der Waals surface area contributed by atoms with Crippen LogP contribution in [0.15, 0.2) is 18.2 Å². The highest BCUT2D eigenvalue weighted by molar-refractivity contribution is 5.94. The van der Waals surface area contributed by atoms with Crippen LogP contribution in [0.4, 0.5) is 0 Å². The predicted octanol–water partition coefficient (Wildman–Crippen LogP) is 0.842. The Hall–Kier alpha value is -2.57. The molecular weight excluding hydrogens is 300 g/mol. The molecule has 0 unspecified atom stereocenters. The Balaban J connectivity index is 2.50. The number of phenolic OH excluding ortho intramolecular Hbond substituents is 1. The number of carbonyl (C=O) groups excluding carboxylic acids is 3. The van der Waals surface area contributed by atoms with Crippen LogP contribution in [0.2, 0.25) is 0 Å². The molecule has 0 aliphatic heterocycles. The van der Waals surface area contributed by atoms with Gasteiger partial charge in [0.2, 0.25) is 5.91 Å². The molecule has 23 heavy (non-hydrogen) atoms. The molecule has 0 fully saturated rings. The van der Waals surface area contributed by atoms with Gasteiger partial charge in [0.25, 0.3) is 5.91 Å². The van der Waals surface area contributed by atoms with Gasteiger partial charge in [0.1, 0.15) is 11.3 Å². The van der Waals surface area contributed by atoms with Gasteiger partial charge in [-0.05, 0) is 25.5 Å². The van der Waals surface area contributed by atoms with Crippen molar-refractivity contribution in [2.45, 2.75) is 20.3 Å². The fourth-order valence-electron chi connectivity index (χ4n) is 1.75. The number of esters is 1. The van der Waals surface area contributed by atoms with Gasteiger partial charge in [0.05, 0.1) is 6.54 Å². The number of amides is 2. The third-order valence-corrected chi connectivity index (χ3v) is 3.08. The van der Waals surface area contributed by atoms with Crippen LogP contribution >= 0.6 is 0 Å². The van der Waals surface area contributed by atoms with Gasteiger partial charge in [0, 0.05) is 13.6 Å². The summed E-state index contributed by atoms with van der Waals surface area (Å²) in [5, 5.41) is 12.3. The number of hydrogen-bond acceptors (Lipinski definition) is 5. The highest BCUT2D eigenvalue weighted by Gasteiger charge is 2.17. The van der Waals surface area contributed by atoms with Gasteiger partial charge in [0.15, 0.2) is 6.61 Å². The van der Waals surface area contributed by atoms with E-state index in [4.69, 9.17) is 4.74 Å². The number of benzene rings is 1. The quantitative estimate of drug-likeness (QED) is 0.725. The molecule has 2 amide bonds. The lowest BCUT2D eigenvalue weighted by Crippen LogP contribution is -2.40. The van der Waals surface area contributed by atoms with Crippen LogP contribution in [-0.2, 0) is 14.3 Å². The first kappa shape index (κ1) is 18.5. The molecule has 0 spiro atoms. The van der Waals surface area contributed by atoms with Crippen molar-refractivity contribution in [2.75, 3.05) is 26.7 Å². The topological polar surface area (TPSA) is 95.9 Å². The molecule has 126 valence electrons. The molecule has 0 aliphatic rings. The normalized spacial score (nSPS) is 10.0. The molecule has 0 atom stereocenters. The number of phenols is 1. The van der Waals surface area contributed by atoms with Gasteiger partial charge in [-0.1, -0.05) is 18.6 Å². The van der Waals surface area contributed by atoms with Gasteiger partial charge < -0.3 is 20.1 Å². The molecule has 0 bridgehead atoms. The summed E-state index contributed by atoms with van der Waals surface area (Å²) in [5.41, 5.74) is 0.784. The highest BCUT2D eigenvalue weighted by atomic mass is 16.5. The molecule has 0 radical (unpaired) electrons. The maximum atomic E-state index is 11.9. The lowest BCUT2D eigenvalue weighted by atomic mass is 10.1. The number of ether oxygens (including phenoxy) is 1. The summed E-state index contributed by atoms with van der Waals surface area (Å²) in [7, 11) is 1.45. The lowest BCUT2D eigenvalue weighted by molar-refractivity contribution is -0.137. The molecule has 7 nitrogen and oxygen atoms in total. The highest BCUT2D eigenvalue weighted by Crippen LogP contribution is 2.19. The van der Waals surface area contributed by atoms with Crippen LogP contribution in [0, 0.1) is 6.92 Å².